The number of carbonyl (C=O) groups excluding carboxylic acids is 1. The molecule has 2 aliphatic rings. The Bertz CT molecular complexity index is 537. The summed E-state index contributed by atoms with van der Waals surface area (Å²) in [5.74, 6) is -0.263. The number of carbonyl (C=O) groups is 1. The van der Waals surface area contributed by atoms with Crippen molar-refractivity contribution in [2.75, 3.05) is 39.8 Å². The Morgan fingerprint density at radius 1 is 1.08 bits per heavy atom. The average molecular weight is 351 g/mol. The highest BCUT2D eigenvalue weighted by atomic mass is 35.5. The van der Waals surface area contributed by atoms with Gasteiger partial charge in [0.15, 0.2) is 0 Å². The van der Waals surface area contributed by atoms with E-state index in [0.717, 1.165) is 43.3 Å². The van der Waals surface area contributed by atoms with Crippen LogP contribution >= 0.6 is 11.6 Å². The Balaban J connectivity index is 1.89. The van der Waals surface area contributed by atoms with Gasteiger partial charge in [-0.05, 0) is 69.6 Å². The van der Waals surface area contributed by atoms with Gasteiger partial charge < -0.3 is 9.64 Å². The molecule has 2 aliphatic heterocycles. The highest BCUT2D eigenvalue weighted by Crippen LogP contribution is 2.34. The summed E-state index contributed by atoms with van der Waals surface area (Å²) in [5.41, 5.74) is 1.16. The first-order valence-corrected chi connectivity index (χ1v) is 9.36. The second kappa shape index (κ2) is 8.32. The number of hydrogen-bond donors (Lipinski definition) is 0. The van der Waals surface area contributed by atoms with Crippen LogP contribution in [0.5, 0.6) is 0 Å². The Hall–Kier alpha value is -1.10. The predicted octanol–water partition coefficient (Wildman–Crippen LogP) is 3.36. The molecule has 0 aromatic heterocycles. The molecule has 0 aliphatic carbocycles. The van der Waals surface area contributed by atoms with Crippen LogP contribution in [-0.2, 0) is 9.53 Å². The summed E-state index contributed by atoms with van der Waals surface area (Å²) in [6.45, 7) is 5.03. The SMILES string of the molecule is COC(=O)[C@@H](CN1CCCC1)[C@@H](c1ccc(Cl)cc1)N1CCCC1. The third kappa shape index (κ3) is 4.11. The first-order chi connectivity index (χ1) is 11.7. The van der Waals surface area contributed by atoms with Gasteiger partial charge in [-0.1, -0.05) is 23.7 Å². The van der Waals surface area contributed by atoms with Crippen LogP contribution in [0.4, 0.5) is 0 Å². The summed E-state index contributed by atoms with van der Waals surface area (Å²) < 4.78 is 5.19. The zero-order chi connectivity index (χ0) is 16.9. The summed E-state index contributed by atoms with van der Waals surface area (Å²) in [4.78, 5) is 17.5. The van der Waals surface area contributed by atoms with Gasteiger partial charge in [-0.3, -0.25) is 9.69 Å². The van der Waals surface area contributed by atoms with Gasteiger partial charge in [-0.15, -0.1) is 0 Å². The Morgan fingerprint density at radius 2 is 1.67 bits per heavy atom. The minimum atomic E-state index is -0.160. The highest BCUT2D eigenvalue weighted by molar-refractivity contribution is 6.30. The molecule has 0 N–H and O–H groups in total. The average Bonchev–Trinajstić information content (AvgIpc) is 3.29. The third-order valence-electron chi connectivity index (χ3n) is 5.28. The summed E-state index contributed by atoms with van der Waals surface area (Å²) in [5, 5.41) is 0.730. The molecule has 1 aromatic rings. The van der Waals surface area contributed by atoms with Gasteiger partial charge in [-0.2, -0.15) is 0 Å². The number of likely N-dealkylation sites (tertiary alicyclic amines) is 2. The van der Waals surface area contributed by atoms with Crippen molar-refractivity contribution in [3.05, 3.63) is 34.9 Å². The maximum absolute atomic E-state index is 12.6. The molecular weight excluding hydrogens is 324 g/mol. The fourth-order valence-corrected chi connectivity index (χ4v) is 4.20. The van der Waals surface area contributed by atoms with Gasteiger partial charge >= 0.3 is 5.97 Å². The van der Waals surface area contributed by atoms with Gasteiger partial charge in [-0.25, -0.2) is 0 Å². The summed E-state index contributed by atoms with van der Waals surface area (Å²) >= 11 is 6.07. The lowest BCUT2D eigenvalue weighted by molar-refractivity contribution is -0.148. The van der Waals surface area contributed by atoms with Crippen LogP contribution in [0, 0.1) is 5.92 Å². The maximum atomic E-state index is 12.6. The monoisotopic (exact) mass is 350 g/mol. The fraction of sp³-hybridized carbons (Fsp3) is 0.632. The van der Waals surface area contributed by atoms with Crippen LogP contribution in [0.25, 0.3) is 0 Å². The number of hydrogen-bond acceptors (Lipinski definition) is 4. The van der Waals surface area contributed by atoms with Crippen molar-refractivity contribution < 1.29 is 9.53 Å². The van der Waals surface area contributed by atoms with E-state index in [4.69, 9.17) is 16.3 Å². The van der Waals surface area contributed by atoms with E-state index in [1.165, 1.54) is 32.8 Å². The summed E-state index contributed by atoms with van der Waals surface area (Å²) in [6, 6.07) is 8.03. The second-order valence-electron chi connectivity index (χ2n) is 6.88. The lowest BCUT2D eigenvalue weighted by Gasteiger charge is -2.35. The van der Waals surface area contributed by atoms with Crippen molar-refractivity contribution in [2.45, 2.75) is 31.7 Å². The van der Waals surface area contributed by atoms with Crippen molar-refractivity contribution >= 4 is 17.6 Å². The zero-order valence-electron chi connectivity index (χ0n) is 14.4. The van der Waals surface area contributed by atoms with E-state index in [0.29, 0.717) is 0 Å². The minimum absolute atomic E-state index is 0.0674. The van der Waals surface area contributed by atoms with E-state index in [1.807, 2.05) is 12.1 Å². The summed E-state index contributed by atoms with van der Waals surface area (Å²) in [6.07, 6.45) is 4.84. The predicted molar refractivity (Wildman–Crippen MR) is 96.2 cm³/mol. The number of methoxy groups -OCH3 is 1. The molecule has 24 heavy (non-hydrogen) atoms. The molecule has 0 radical (unpaired) electrons. The van der Waals surface area contributed by atoms with Crippen LogP contribution in [0.1, 0.15) is 37.3 Å². The molecule has 132 valence electrons. The van der Waals surface area contributed by atoms with E-state index in [1.54, 1.807) is 0 Å². The lowest BCUT2D eigenvalue weighted by atomic mass is 9.91. The fourth-order valence-electron chi connectivity index (χ4n) is 4.08. The first kappa shape index (κ1) is 17.7. The topological polar surface area (TPSA) is 32.8 Å². The molecule has 5 heteroatoms. The zero-order valence-corrected chi connectivity index (χ0v) is 15.2. The van der Waals surface area contributed by atoms with Crippen molar-refractivity contribution in [3.8, 4) is 0 Å². The van der Waals surface area contributed by atoms with E-state index in [-0.39, 0.29) is 17.9 Å². The van der Waals surface area contributed by atoms with E-state index in [9.17, 15) is 4.79 Å². The second-order valence-corrected chi connectivity index (χ2v) is 7.31. The molecule has 2 fully saturated rings. The molecule has 2 saturated heterocycles. The van der Waals surface area contributed by atoms with Crippen molar-refractivity contribution in [2.24, 2.45) is 5.92 Å². The largest absolute Gasteiger partial charge is 0.469 e. The van der Waals surface area contributed by atoms with Gasteiger partial charge in [0.2, 0.25) is 0 Å². The van der Waals surface area contributed by atoms with Crippen molar-refractivity contribution in [1.82, 2.24) is 9.80 Å². The van der Waals surface area contributed by atoms with Crippen molar-refractivity contribution in [3.63, 3.8) is 0 Å². The number of halogens is 1. The Labute approximate surface area is 149 Å². The van der Waals surface area contributed by atoms with E-state index >= 15 is 0 Å². The van der Waals surface area contributed by atoms with Crippen molar-refractivity contribution in [1.29, 1.82) is 0 Å². The van der Waals surface area contributed by atoms with Crippen LogP contribution in [0.2, 0.25) is 5.02 Å². The van der Waals surface area contributed by atoms with E-state index < -0.39 is 0 Å². The smallest absolute Gasteiger partial charge is 0.311 e. The molecule has 0 spiro atoms. The molecule has 0 saturated carbocycles. The van der Waals surface area contributed by atoms with Crippen LogP contribution < -0.4 is 0 Å². The molecule has 0 unspecified atom stereocenters. The number of esters is 1. The normalized spacial score (nSPS) is 21.8. The van der Waals surface area contributed by atoms with Gasteiger partial charge in [0.05, 0.1) is 13.0 Å². The summed E-state index contributed by atoms with van der Waals surface area (Å²) in [7, 11) is 1.50. The Morgan fingerprint density at radius 3 is 2.25 bits per heavy atom. The maximum Gasteiger partial charge on any atom is 0.311 e. The molecule has 0 bridgehead atoms. The van der Waals surface area contributed by atoms with Gasteiger partial charge in [0, 0.05) is 17.6 Å². The molecule has 3 rings (SSSR count). The molecule has 1 aromatic carbocycles. The van der Waals surface area contributed by atoms with Crippen LogP contribution in [-0.4, -0.2) is 55.6 Å². The molecule has 0 amide bonds. The quantitative estimate of drug-likeness (QED) is 0.736. The minimum Gasteiger partial charge on any atom is -0.469 e. The first-order valence-electron chi connectivity index (χ1n) is 8.99. The molecule has 2 heterocycles. The number of rotatable bonds is 6. The van der Waals surface area contributed by atoms with E-state index in [2.05, 4.69) is 21.9 Å². The molecule has 4 nitrogen and oxygen atoms in total. The molecule has 2 atom stereocenters. The Kier molecular flexibility index (Phi) is 6.14. The number of nitrogens with zero attached hydrogens (tertiary/aromatic N) is 2. The standard InChI is InChI=1S/C19H27ClN2O2/c1-24-19(23)17(14-21-10-2-3-11-21)18(22-12-4-5-13-22)15-6-8-16(20)9-7-15/h6-9,17-18H,2-5,10-14H2,1H3/t17-,18+/m0/s1. The van der Waals surface area contributed by atoms with Gasteiger partial charge in [0.1, 0.15) is 0 Å². The lowest BCUT2D eigenvalue weighted by Crippen LogP contribution is -2.42. The number of benzene rings is 1. The molecular formula is C19H27ClN2O2. The highest BCUT2D eigenvalue weighted by Gasteiger charge is 2.37. The third-order valence-corrected chi connectivity index (χ3v) is 5.54. The van der Waals surface area contributed by atoms with Gasteiger partial charge in [0.25, 0.3) is 0 Å². The van der Waals surface area contributed by atoms with Crippen LogP contribution in [0.15, 0.2) is 24.3 Å². The number of ether oxygens (including phenoxy) is 1. The van der Waals surface area contributed by atoms with Crippen LogP contribution in [0.3, 0.4) is 0 Å².